The van der Waals surface area contributed by atoms with Gasteiger partial charge in [-0.25, -0.2) is 4.39 Å². The zero-order chi connectivity index (χ0) is 20.4. The average molecular weight is 415 g/mol. The number of nitrogens with zero attached hydrogens (tertiary/aromatic N) is 2. The minimum absolute atomic E-state index is 0.186. The summed E-state index contributed by atoms with van der Waals surface area (Å²) in [6.45, 7) is 3.78. The molecule has 7 nitrogen and oxygen atoms in total. The summed E-state index contributed by atoms with van der Waals surface area (Å²) in [6.07, 6.45) is 0. The molecule has 9 heteroatoms. The quantitative estimate of drug-likeness (QED) is 0.610. The Morgan fingerprint density at radius 2 is 1.86 bits per heavy atom. The lowest BCUT2D eigenvalue weighted by atomic mass is 10.1. The fourth-order valence-electron chi connectivity index (χ4n) is 2.77. The Balaban J connectivity index is 1.37. The molecule has 1 aromatic heterocycles. The first-order chi connectivity index (χ1) is 14.0. The lowest BCUT2D eigenvalue weighted by Gasteiger charge is -2.16. The maximum atomic E-state index is 13.0. The summed E-state index contributed by atoms with van der Waals surface area (Å²) >= 11 is 1.16. The van der Waals surface area contributed by atoms with E-state index >= 15 is 0 Å². The number of nitrogens with one attached hydrogen (secondary N) is 1. The molecule has 1 amide bonds. The van der Waals surface area contributed by atoms with Crippen LogP contribution in [0.25, 0.3) is 11.5 Å². The fraction of sp³-hybridized carbons (Fsp3) is 0.250. The maximum absolute atomic E-state index is 13.0. The van der Waals surface area contributed by atoms with Gasteiger partial charge in [-0.15, -0.1) is 10.2 Å². The predicted molar refractivity (Wildman–Crippen MR) is 104 cm³/mol. The minimum Gasteiger partial charge on any atom is -0.454 e. The molecule has 1 aliphatic heterocycles. The van der Waals surface area contributed by atoms with Crippen molar-refractivity contribution in [1.29, 1.82) is 0 Å². The molecule has 0 spiro atoms. The molecule has 3 aromatic rings. The lowest BCUT2D eigenvalue weighted by molar-refractivity contribution is -0.120. The fourth-order valence-corrected chi connectivity index (χ4v) is 3.47. The van der Waals surface area contributed by atoms with E-state index in [9.17, 15) is 9.18 Å². The molecule has 1 N–H and O–H groups in total. The number of carbonyl (C=O) groups is 1. The second-order valence-corrected chi connectivity index (χ2v) is 7.78. The van der Waals surface area contributed by atoms with Crippen molar-refractivity contribution < 1.29 is 23.1 Å². The van der Waals surface area contributed by atoms with Crippen molar-refractivity contribution in [3.05, 3.63) is 53.8 Å². The van der Waals surface area contributed by atoms with Crippen LogP contribution in [0.1, 0.15) is 25.5 Å². The molecule has 4 rings (SSSR count). The summed E-state index contributed by atoms with van der Waals surface area (Å²) < 4.78 is 29.4. The third-order valence-electron chi connectivity index (χ3n) is 4.40. The Morgan fingerprint density at radius 3 is 2.66 bits per heavy atom. The third-order valence-corrected chi connectivity index (χ3v) is 5.34. The number of thioether (sulfide) groups is 1. The summed E-state index contributed by atoms with van der Waals surface area (Å²) in [6, 6.07) is 11.1. The molecule has 2 unspecified atom stereocenters. The summed E-state index contributed by atoms with van der Waals surface area (Å²) in [7, 11) is 0. The van der Waals surface area contributed by atoms with Crippen LogP contribution in [0.3, 0.4) is 0 Å². The van der Waals surface area contributed by atoms with Gasteiger partial charge in [0.15, 0.2) is 11.5 Å². The molecular weight excluding hydrogens is 397 g/mol. The molecule has 2 aromatic carbocycles. The first-order valence-electron chi connectivity index (χ1n) is 8.95. The Bertz CT molecular complexity index is 1020. The van der Waals surface area contributed by atoms with Crippen LogP contribution >= 0.6 is 11.8 Å². The number of hydrogen-bond donors (Lipinski definition) is 1. The van der Waals surface area contributed by atoms with E-state index in [-0.39, 0.29) is 29.8 Å². The second-order valence-electron chi connectivity index (χ2n) is 6.48. The maximum Gasteiger partial charge on any atom is 0.277 e. The normalized spacial score (nSPS) is 14.4. The van der Waals surface area contributed by atoms with Crippen LogP contribution < -0.4 is 14.8 Å². The van der Waals surface area contributed by atoms with E-state index in [1.54, 1.807) is 37.3 Å². The molecule has 0 bridgehead atoms. The molecule has 1 aliphatic rings. The highest BCUT2D eigenvalue weighted by Gasteiger charge is 2.21. The standard InChI is InChI=1S/C20H18FN3O4S/c1-11(13-3-6-15(21)7-4-13)22-18(25)12(2)29-20-24-23-19(28-20)14-5-8-16-17(9-14)27-10-26-16/h3-9,11-12H,10H2,1-2H3,(H,22,25). The smallest absolute Gasteiger partial charge is 0.277 e. The van der Waals surface area contributed by atoms with Crippen LogP contribution in [0.15, 0.2) is 52.1 Å². The number of halogens is 1. The zero-order valence-electron chi connectivity index (χ0n) is 15.7. The predicted octanol–water partition coefficient (Wildman–Crippen LogP) is 3.96. The van der Waals surface area contributed by atoms with Crippen molar-refractivity contribution in [1.82, 2.24) is 15.5 Å². The van der Waals surface area contributed by atoms with Crippen LogP contribution in [-0.2, 0) is 4.79 Å². The van der Waals surface area contributed by atoms with Gasteiger partial charge in [-0.1, -0.05) is 23.9 Å². The lowest BCUT2D eigenvalue weighted by Crippen LogP contribution is -2.33. The van der Waals surface area contributed by atoms with E-state index in [1.807, 2.05) is 6.92 Å². The van der Waals surface area contributed by atoms with Crippen molar-refractivity contribution >= 4 is 17.7 Å². The molecule has 0 fully saturated rings. The van der Waals surface area contributed by atoms with Crippen molar-refractivity contribution in [2.75, 3.05) is 6.79 Å². The number of aromatic nitrogens is 2. The number of hydrogen-bond acceptors (Lipinski definition) is 7. The SMILES string of the molecule is CC(Sc1nnc(-c2ccc3c(c2)OCO3)o1)C(=O)NC(C)c1ccc(F)cc1. The van der Waals surface area contributed by atoms with Gasteiger partial charge in [-0.3, -0.25) is 4.79 Å². The van der Waals surface area contributed by atoms with E-state index < -0.39 is 5.25 Å². The molecule has 150 valence electrons. The number of carbonyl (C=O) groups excluding carboxylic acids is 1. The van der Waals surface area contributed by atoms with Gasteiger partial charge in [0, 0.05) is 5.56 Å². The molecule has 2 atom stereocenters. The van der Waals surface area contributed by atoms with Gasteiger partial charge in [0.1, 0.15) is 5.82 Å². The number of ether oxygens (including phenoxy) is 2. The zero-order valence-corrected chi connectivity index (χ0v) is 16.5. The van der Waals surface area contributed by atoms with Crippen molar-refractivity contribution in [3.8, 4) is 23.0 Å². The Labute approximate surface area is 170 Å². The first kappa shape index (κ1) is 19.3. The highest BCUT2D eigenvalue weighted by atomic mass is 32.2. The van der Waals surface area contributed by atoms with Crippen molar-refractivity contribution in [2.45, 2.75) is 30.4 Å². The van der Waals surface area contributed by atoms with E-state index in [0.717, 1.165) is 17.3 Å². The molecule has 0 saturated heterocycles. The van der Waals surface area contributed by atoms with Gasteiger partial charge in [0.25, 0.3) is 5.22 Å². The van der Waals surface area contributed by atoms with E-state index in [0.29, 0.717) is 23.0 Å². The average Bonchev–Trinajstić information content (AvgIpc) is 3.37. The number of fused-ring (bicyclic) bond motifs is 1. The molecule has 0 aliphatic carbocycles. The minimum atomic E-state index is -0.456. The van der Waals surface area contributed by atoms with Gasteiger partial charge in [-0.2, -0.15) is 0 Å². The molecule has 0 radical (unpaired) electrons. The molecular formula is C20H18FN3O4S. The second kappa shape index (κ2) is 8.12. The highest BCUT2D eigenvalue weighted by Crippen LogP contribution is 2.36. The van der Waals surface area contributed by atoms with Crippen LogP contribution in [0.4, 0.5) is 4.39 Å². The van der Waals surface area contributed by atoms with Crippen LogP contribution in [-0.4, -0.2) is 28.1 Å². The third kappa shape index (κ3) is 4.34. The van der Waals surface area contributed by atoms with E-state index in [2.05, 4.69) is 15.5 Å². The van der Waals surface area contributed by atoms with Gasteiger partial charge in [-0.05, 0) is 49.7 Å². The molecule has 2 heterocycles. The summed E-state index contributed by atoms with van der Waals surface area (Å²) in [4.78, 5) is 12.5. The van der Waals surface area contributed by atoms with Crippen LogP contribution in [0.2, 0.25) is 0 Å². The van der Waals surface area contributed by atoms with Crippen LogP contribution in [0, 0.1) is 5.82 Å². The van der Waals surface area contributed by atoms with E-state index in [1.165, 1.54) is 12.1 Å². The highest BCUT2D eigenvalue weighted by molar-refractivity contribution is 8.00. The topological polar surface area (TPSA) is 86.5 Å². The molecule has 29 heavy (non-hydrogen) atoms. The molecule has 0 saturated carbocycles. The Hall–Kier alpha value is -3.07. The first-order valence-corrected chi connectivity index (χ1v) is 9.83. The monoisotopic (exact) mass is 415 g/mol. The van der Waals surface area contributed by atoms with Gasteiger partial charge in [0.05, 0.1) is 11.3 Å². The van der Waals surface area contributed by atoms with Crippen LogP contribution in [0.5, 0.6) is 11.5 Å². The van der Waals surface area contributed by atoms with E-state index in [4.69, 9.17) is 13.9 Å². The van der Waals surface area contributed by atoms with Gasteiger partial charge >= 0.3 is 0 Å². The number of rotatable bonds is 6. The largest absolute Gasteiger partial charge is 0.454 e. The van der Waals surface area contributed by atoms with Gasteiger partial charge in [0.2, 0.25) is 18.6 Å². The summed E-state index contributed by atoms with van der Waals surface area (Å²) in [5.41, 5.74) is 1.52. The van der Waals surface area contributed by atoms with Crippen molar-refractivity contribution in [2.24, 2.45) is 0 Å². The van der Waals surface area contributed by atoms with Crippen molar-refractivity contribution in [3.63, 3.8) is 0 Å². The number of benzene rings is 2. The Morgan fingerprint density at radius 1 is 1.10 bits per heavy atom. The number of amides is 1. The summed E-state index contributed by atoms with van der Waals surface area (Å²) in [5, 5.41) is 10.8. The summed E-state index contributed by atoms with van der Waals surface area (Å²) in [5.74, 6) is 1.12. The van der Waals surface area contributed by atoms with Gasteiger partial charge < -0.3 is 19.2 Å². The Kier molecular flexibility index (Phi) is 5.39.